The molecule has 2 aromatic rings. The minimum atomic E-state index is -0.313. The molecule has 104 valence electrons. The summed E-state index contributed by atoms with van der Waals surface area (Å²) in [5, 5.41) is 0.901. The second-order valence-corrected chi connectivity index (χ2v) is 5.76. The SMILES string of the molecule is COC(=O)c1cnc(N2CCc3ccccc3CC2)s1. The minimum Gasteiger partial charge on any atom is -0.465 e. The molecule has 20 heavy (non-hydrogen) atoms. The van der Waals surface area contributed by atoms with Gasteiger partial charge in [-0.1, -0.05) is 35.6 Å². The molecular weight excluding hydrogens is 272 g/mol. The third kappa shape index (κ3) is 2.54. The van der Waals surface area contributed by atoms with Crippen molar-refractivity contribution in [3.8, 4) is 0 Å². The third-order valence-corrected chi connectivity index (χ3v) is 4.61. The lowest BCUT2D eigenvalue weighted by atomic mass is 10.0. The van der Waals surface area contributed by atoms with Gasteiger partial charge in [0, 0.05) is 13.1 Å². The Bertz CT molecular complexity index is 597. The van der Waals surface area contributed by atoms with Crippen LogP contribution in [0.4, 0.5) is 5.13 Å². The lowest BCUT2D eigenvalue weighted by molar-refractivity contribution is 0.0606. The van der Waals surface area contributed by atoms with Gasteiger partial charge in [0.2, 0.25) is 0 Å². The van der Waals surface area contributed by atoms with Crippen molar-refractivity contribution in [2.45, 2.75) is 12.8 Å². The molecule has 0 bridgehead atoms. The van der Waals surface area contributed by atoms with Crippen LogP contribution in [-0.2, 0) is 17.6 Å². The van der Waals surface area contributed by atoms with Gasteiger partial charge in [0.05, 0.1) is 13.3 Å². The average Bonchev–Trinajstić information content (AvgIpc) is 2.87. The van der Waals surface area contributed by atoms with Crippen LogP contribution in [0.1, 0.15) is 20.8 Å². The Morgan fingerprint density at radius 3 is 2.50 bits per heavy atom. The number of hydrogen-bond acceptors (Lipinski definition) is 5. The van der Waals surface area contributed by atoms with E-state index in [4.69, 9.17) is 4.74 Å². The monoisotopic (exact) mass is 288 g/mol. The van der Waals surface area contributed by atoms with Crippen LogP contribution in [0.3, 0.4) is 0 Å². The normalized spacial score (nSPS) is 14.6. The topological polar surface area (TPSA) is 42.4 Å². The molecule has 0 fully saturated rings. The second-order valence-electron chi connectivity index (χ2n) is 4.75. The van der Waals surface area contributed by atoms with Gasteiger partial charge in [-0.25, -0.2) is 9.78 Å². The van der Waals surface area contributed by atoms with Crippen molar-refractivity contribution in [1.82, 2.24) is 4.98 Å². The Morgan fingerprint density at radius 2 is 1.90 bits per heavy atom. The van der Waals surface area contributed by atoms with E-state index >= 15 is 0 Å². The molecule has 5 heteroatoms. The third-order valence-electron chi connectivity index (χ3n) is 3.57. The van der Waals surface area contributed by atoms with Crippen LogP contribution in [0.5, 0.6) is 0 Å². The molecule has 0 atom stereocenters. The summed E-state index contributed by atoms with van der Waals surface area (Å²) in [6.45, 7) is 1.87. The smallest absolute Gasteiger partial charge is 0.349 e. The van der Waals surface area contributed by atoms with E-state index in [-0.39, 0.29) is 5.97 Å². The van der Waals surface area contributed by atoms with E-state index in [0.29, 0.717) is 4.88 Å². The zero-order chi connectivity index (χ0) is 13.9. The number of ether oxygens (including phenoxy) is 1. The highest BCUT2D eigenvalue weighted by atomic mass is 32.1. The van der Waals surface area contributed by atoms with E-state index in [9.17, 15) is 4.79 Å². The molecule has 0 N–H and O–H groups in total. The Morgan fingerprint density at radius 1 is 1.25 bits per heavy atom. The molecule has 0 saturated heterocycles. The van der Waals surface area contributed by atoms with E-state index in [1.54, 1.807) is 6.20 Å². The fraction of sp³-hybridized carbons (Fsp3) is 0.333. The molecular formula is C15H16N2O2S. The van der Waals surface area contributed by atoms with E-state index in [2.05, 4.69) is 34.1 Å². The largest absolute Gasteiger partial charge is 0.465 e. The van der Waals surface area contributed by atoms with Gasteiger partial charge in [-0.2, -0.15) is 0 Å². The standard InChI is InChI=1S/C15H16N2O2S/c1-19-14(18)13-10-16-15(20-13)17-8-6-11-4-2-3-5-12(11)7-9-17/h2-5,10H,6-9H2,1H3. The molecule has 1 aliphatic rings. The maximum atomic E-state index is 11.5. The number of carbonyl (C=O) groups excluding carboxylic acids is 1. The summed E-state index contributed by atoms with van der Waals surface area (Å²) in [6, 6.07) is 8.57. The summed E-state index contributed by atoms with van der Waals surface area (Å²) in [5.74, 6) is -0.313. The second kappa shape index (κ2) is 5.63. The van der Waals surface area contributed by atoms with Crippen LogP contribution in [-0.4, -0.2) is 31.2 Å². The molecule has 0 aliphatic carbocycles. The van der Waals surface area contributed by atoms with Crippen LogP contribution < -0.4 is 4.90 Å². The van der Waals surface area contributed by atoms with E-state index in [1.807, 2.05) is 0 Å². The van der Waals surface area contributed by atoms with Gasteiger partial charge in [0.1, 0.15) is 4.88 Å². The predicted molar refractivity (Wildman–Crippen MR) is 79.5 cm³/mol. The number of fused-ring (bicyclic) bond motifs is 1. The molecule has 0 radical (unpaired) electrons. The number of carbonyl (C=O) groups is 1. The van der Waals surface area contributed by atoms with Gasteiger partial charge in [-0.3, -0.25) is 0 Å². The Kier molecular flexibility index (Phi) is 3.69. The molecule has 3 rings (SSSR count). The van der Waals surface area contributed by atoms with Crippen molar-refractivity contribution < 1.29 is 9.53 Å². The number of rotatable bonds is 2. The zero-order valence-corrected chi connectivity index (χ0v) is 12.2. The first-order valence-electron chi connectivity index (χ1n) is 6.64. The number of esters is 1. The molecule has 0 spiro atoms. The average molecular weight is 288 g/mol. The summed E-state index contributed by atoms with van der Waals surface area (Å²) < 4.78 is 4.73. The van der Waals surface area contributed by atoms with Crippen molar-refractivity contribution in [1.29, 1.82) is 0 Å². The molecule has 0 unspecified atom stereocenters. The number of thiazole rings is 1. The van der Waals surface area contributed by atoms with Gasteiger partial charge in [0.15, 0.2) is 5.13 Å². The van der Waals surface area contributed by atoms with Crippen molar-refractivity contribution in [3.63, 3.8) is 0 Å². The van der Waals surface area contributed by atoms with Crippen molar-refractivity contribution in [2.24, 2.45) is 0 Å². The molecule has 1 aromatic carbocycles. The lowest BCUT2D eigenvalue weighted by Crippen LogP contribution is -2.25. The van der Waals surface area contributed by atoms with Gasteiger partial charge in [-0.15, -0.1) is 0 Å². The van der Waals surface area contributed by atoms with Gasteiger partial charge < -0.3 is 9.64 Å². The fourth-order valence-corrected chi connectivity index (χ4v) is 3.35. The minimum absolute atomic E-state index is 0.313. The fourth-order valence-electron chi connectivity index (χ4n) is 2.47. The number of aromatic nitrogens is 1. The van der Waals surface area contributed by atoms with Crippen molar-refractivity contribution in [3.05, 3.63) is 46.5 Å². The first-order chi connectivity index (χ1) is 9.78. The number of methoxy groups -OCH3 is 1. The van der Waals surface area contributed by atoms with Gasteiger partial charge in [-0.05, 0) is 24.0 Å². The molecule has 4 nitrogen and oxygen atoms in total. The summed E-state index contributed by atoms with van der Waals surface area (Å²) >= 11 is 1.40. The number of hydrogen-bond donors (Lipinski definition) is 0. The molecule has 1 aromatic heterocycles. The summed E-state index contributed by atoms with van der Waals surface area (Å²) in [6.07, 6.45) is 3.64. The predicted octanol–water partition coefficient (Wildman–Crippen LogP) is 2.53. The van der Waals surface area contributed by atoms with Crippen LogP contribution >= 0.6 is 11.3 Å². The quantitative estimate of drug-likeness (QED) is 0.796. The Balaban J connectivity index is 1.77. The molecule has 0 saturated carbocycles. The molecule has 1 aliphatic heterocycles. The van der Waals surface area contributed by atoms with Gasteiger partial charge in [0.25, 0.3) is 0 Å². The number of nitrogens with zero attached hydrogens (tertiary/aromatic N) is 2. The highest BCUT2D eigenvalue weighted by Gasteiger charge is 2.18. The maximum Gasteiger partial charge on any atom is 0.349 e. The summed E-state index contributed by atoms with van der Waals surface area (Å²) in [7, 11) is 1.39. The number of anilines is 1. The van der Waals surface area contributed by atoms with E-state index in [1.165, 1.54) is 29.6 Å². The lowest BCUT2D eigenvalue weighted by Gasteiger charge is -2.18. The van der Waals surface area contributed by atoms with Crippen LogP contribution in [0, 0.1) is 0 Å². The maximum absolute atomic E-state index is 11.5. The summed E-state index contributed by atoms with van der Waals surface area (Å²) in [5.41, 5.74) is 2.83. The highest BCUT2D eigenvalue weighted by molar-refractivity contribution is 7.17. The Hall–Kier alpha value is -1.88. The van der Waals surface area contributed by atoms with Gasteiger partial charge >= 0.3 is 5.97 Å². The molecule has 0 amide bonds. The molecule has 2 heterocycles. The zero-order valence-electron chi connectivity index (χ0n) is 11.3. The van der Waals surface area contributed by atoms with E-state index in [0.717, 1.165) is 31.1 Å². The summed E-state index contributed by atoms with van der Waals surface area (Å²) in [4.78, 5) is 18.6. The first kappa shape index (κ1) is 13.1. The van der Waals surface area contributed by atoms with Crippen LogP contribution in [0.15, 0.2) is 30.5 Å². The first-order valence-corrected chi connectivity index (χ1v) is 7.45. The van der Waals surface area contributed by atoms with Crippen molar-refractivity contribution >= 4 is 22.4 Å². The van der Waals surface area contributed by atoms with Crippen LogP contribution in [0.25, 0.3) is 0 Å². The Labute approximate surface area is 122 Å². The van der Waals surface area contributed by atoms with Crippen molar-refractivity contribution in [2.75, 3.05) is 25.1 Å². The number of benzene rings is 1. The van der Waals surface area contributed by atoms with Crippen LogP contribution in [0.2, 0.25) is 0 Å². The highest BCUT2D eigenvalue weighted by Crippen LogP contribution is 2.26. The van der Waals surface area contributed by atoms with E-state index < -0.39 is 0 Å².